The van der Waals surface area contributed by atoms with Crippen LogP contribution in [0.25, 0.3) is 11.1 Å². The Balaban J connectivity index is 1.60. The van der Waals surface area contributed by atoms with Crippen molar-refractivity contribution in [3.63, 3.8) is 0 Å². The first-order valence-corrected chi connectivity index (χ1v) is 14.7. The third kappa shape index (κ3) is 9.48. The van der Waals surface area contributed by atoms with Gasteiger partial charge in [-0.05, 0) is 97.3 Å². The number of carbonyl (C=O) groups is 1. The lowest BCUT2D eigenvalue weighted by atomic mass is 9.94. The Kier molecular flexibility index (Phi) is 12.0. The molecule has 3 rings (SSSR count). The van der Waals surface area contributed by atoms with Crippen molar-refractivity contribution in [2.45, 2.75) is 53.5 Å². The zero-order chi connectivity index (χ0) is 28.2. The number of nitrogens with one attached hydrogen (secondary N) is 2. The van der Waals surface area contributed by atoms with E-state index in [4.69, 9.17) is 9.47 Å². The number of anilines is 1. The number of hydrogen-bond acceptors (Lipinski definition) is 5. The summed E-state index contributed by atoms with van der Waals surface area (Å²) in [7, 11) is -1.37. The number of rotatable bonds is 15. The molecule has 0 spiro atoms. The van der Waals surface area contributed by atoms with E-state index in [2.05, 4.69) is 48.2 Å². The first kappa shape index (κ1) is 30.3. The number of amides is 1. The smallest absolute Gasteiger partial charge is 0.231 e. The van der Waals surface area contributed by atoms with Crippen LogP contribution in [0.3, 0.4) is 0 Å². The van der Waals surface area contributed by atoms with E-state index < -0.39 is 11.0 Å². The van der Waals surface area contributed by atoms with E-state index in [1.54, 1.807) is 6.07 Å². The van der Waals surface area contributed by atoms with Crippen LogP contribution >= 0.6 is 0 Å². The maximum Gasteiger partial charge on any atom is 0.231 e. The van der Waals surface area contributed by atoms with Gasteiger partial charge in [0, 0.05) is 31.0 Å². The lowest BCUT2D eigenvalue weighted by Crippen LogP contribution is -2.27. The predicted molar refractivity (Wildman–Crippen MR) is 157 cm³/mol. The Labute approximate surface area is 233 Å². The second-order valence-corrected chi connectivity index (χ2v) is 10.7. The molecule has 0 saturated carbocycles. The van der Waals surface area contributed by atoms with E-state index in [1.807, 2.05) is 32.0 Å². The predicted octanol–water partition coefficient (Wildman–Crippen LogP) is 6.26. The topological polar surface area (TPSA) is 76.7 Å². The second kappa shape index (κ2) is 15.4. The van der Waals surface area contributed by atoms with Crippen LogP contribution in [0.4, 0.5) is 10.1 Å². The summed E-state index contributed by atoms with van der Waals surface area (Å²) < 4.78 is 40.0. The highest BCUT2D eigenvalue weighted by Crippen LogP contribution is 2.31. The fourth-order valence-corrected chi connectivity index (χ4v) is 5.22. The van der Waals surface area contributed by atoms with Crippen molar-refractivity contribution in [1.29, 1.82) is 0 Å². The summed E-state index contributed by atoms with van der Waals surface area (Å²) in [5.74, 6) is 0.548. The van der Waals surface area contributed by atoms with Gasteiger partial charge in [0.05, 0.1) is 6.61 Å². The minimum absolute atomic E-state index is 0.0884. The minimum atomic E-state index is -1.37. The summed E-state index contributed by atoms with van der Waals surface area (Å²) >= 11 is 0. The fourth-order valence-electron chi connectivity index (χ4n) is 4.39. The molecule has 1 amide bonds. The number of aryl methyl sites for hydroxylation is 3. The van der Waals surface area contributed by atoms with Gasteiger partial charge in [0.25, 0.3) is 0 Å². The van der Waals surface area contributed by atoms with Gasteiger partial charge in [0.1, 0.15) is 29.2 Å². The van der Waals surface area contributed by atoms with Gasteiger partial charge >= 0.3 is 0 Å². The molecule has 0 saturated heterocycles. The van der Waals surface area contributed by atoms with Gasteiger partial charge in [0.15, 0.2) is 0 Å². The number of carbonyl (C=O) groups excluding carboxylic acids is 1. The van der Waals surface area contributed by atoms with E-state index in [0.29, 0.717) is 43.4 Å². The summed E-state index contributed by atoms with van der Waals surface area (Å²) in [4.78, 5) is 11.9. The van der Waals surface area contributed by atoms with Crippen LogP contribution in [-0.4, -0.2) is 35.7 Å². The van der Waals surface area contributed by atoms with Crippen molar-refractivity contribution >= 4 is 22.6 Å². The first-order chi connectivity index (χ1) is 18.8. The van der Waals surface area contributed by atoms with Gasteiger partial charge in [0.2, 0.25) is 5.91 Å². The molecule has 0 aliphatic rings. The molecule has 0 fully saturated rings. The Morgan fingerprint density at radius 3 is 2.46 bits per heavy atom. The fraction of sp³-hybridized carbons (Fsp3) is 0.387. The van der Waals surface area contributed by atoms with E-state index in [0.717, 1.165) is 34.4 Å². The molecule has 1 unspecified atom stereocenters. The van der Waals surface area contributed by atoms with Crippen LogP contribution in [0.2, 0.25) is 0 Å². The van der Waals surface area contributed by atoms with Crippen LogP contribution in [-0.2, 0) is 33.5 Å². The third-order valence-corrected chi connectivity index (χ3v) is 7.45. The molecule has 0 heterocycles. The summed E-state index contributed by atoms with van der Waals surface area (Å²) in [6, 6.07) is 17.4. The molecule has 210 valence electrons. The Bertz CT molecular complexity index is 1260. The zero-order valence-corrected chi connectivity index (χ0v) is 24.1. The van der Waals surface area contributed by atoms with Crippen molar-refractivity contribution in [3.05, 3.63) is 82.7 Å². The van der Waals surface area contributed by atoms with Crippen molar-refractivity contribution in [1.82, 2.24) is 4.72 Å². The molecule has 3 aromatic carbocycles. The number of halogens is 1. The van der Waals surface area contributed by atoms with Crippen molar-refractivity contribution in [2.75, 3.05) is 30.9 Å². The van der Waals surface area contributed by atoms with Gasteiger partial charge in [-0.25, -0.2) is 8.60 Å². The Morgan fingerprint density at radius 2 is 1.77 bits per heavy atom. The quantitative estimate of drug-likeness (QED) is 0.217. The highest BCUT2D eigenvalue weighted by atomic mass is 32.2. The Morgan fingerprint density at radius 1 is 1.00 bits per heavy atom. The molecule has 3 aromatic rings. The van der Waals surface area contributed by atoms with Crippen LogP contribution < -0.4 is 14.8 Å². The van der Waals surface area contributed by atoms with Crippen molar-refractivity contribution in [3.8, 4) is 16.9 Å². The molecule has 0 aromatic heterocycles. The molecule has 0 bridgehead atoms. The van der Waals surface area contributed by atoms with E-state index >= 15 is 0 Å². The summed E-state index contributed by atoms with van der Waals surface area (Å²) in [6.45, 7) is 10.3. The lowest BCUT2D eigenvalue weighted by Gasteiger charge is -2.15. The highest BCUT2D eigenvalue weighted by molar-refractivity contribution is 7.83. The maximum atomic E-state index is 14.7. The van der Waals surface area contributed by atoms with Crippen LogP contribution in [0.5, 0.6) is 5.75 Å². The SMILES string of the molecule is CCCS(=O)NC(=O)CCc1ccc(NCc2cccc(-c3c(C)cc(OCCOCC)cc3C)c2)cc1F. The molecule has 0 aliphatic heterocycles. The van der Waals surface area contributed by atoms with Crippen LogP contribution in [0, 0.1) is 19.7 Å². The van der Waals surface area contributed by atoms with Crippen LogP contribution in [0.15, 0.2) is 54.6 Å². The molecular formula is C31H39FN2O4S. The molecule has 1 atom stereocenters. The average Bonchev–Trinajstić information content (AvgIpc) is 2.89. The molecule has 6 nitrogen and oxygen atoms in total. The molecular weight excluding hydrogens is 515 g/mol. The largest absolute Gasteiger partial charge is 0.491 e. The van der Waals surface area contributed by atoms with Crippen molar-refractivity contribution in [2.24, 2.45) is 0 Å². The van der Waals surface area contributed by atoms with Gasteiger partial charge in [-0.3, -0.25) is 9.52 Å². The molecule has 0 radical (unpaired) electrons. The highest BCUT2D eigenvalue weighted by Gasteiger charge is 2.11. The standard InChI is InChI=1S/C31H39FN2O4S/c1-5-16-39(36)34-30(35)13-11-25-10-12-27(20-29(25)32)33-21-24-8-7-9-26(19-24)31-22(3)17-28(18-23(31)4)38-15-14-37-6-2/h7-10,12,17-20,33H,5-6,11,13-16,21H2,1-4H3,(H,34,35). The van der Waals surface area contributed by atoms with E-state index in [1.165, 1.54) is 11.6 Å². The summed E-state index contributed by atoms with van der Waals surface area (Å²) in [5, 5.41) is 3.29. The second-order valence-electron chi connectivity index (χ2n) is 9.41. The van der Waals surface area contributed by atoms with Gasteiger partial charge < -0.3 is 14.8 Å². The summed E-state index contributed by atoms with van der Waals surface area (Å²) in [6.07, 6.45) is 1.06. The van der Waals surface area contributed by atoms with Gasteiger partial charge in [-0.15, -0.1) is 0 Å². The van der Waals surface area contributed by atoms with Crippen molar-refractivity contribution < 1.29 is 22.9 Å². The number of hydrogen-bond donors (Lipinski definition) is 2. The number of ether oxygens (including phenoxy) is 2. The average molecular weight is 555 g/mol. The molecule has 39 heavy (non-hydrogen) atoms. The minimum Gasteiger partial charge on any atom is -0.491 e. The lowest BCUT2D eigenvalue weighted by molar-refractivity contribution is -0.119. The normalized spacial score (nSPS) is 11.7. The molecule has 0 aliphatic carbocycles. The third-order valence-electron chi connectivity index (χ3n) is 6.21. The Hall–Kier alpha value is -3.23. The van der Waals surface area contributed by atoms with Gasteiger partial charge in [-0.1, -0.05) is 31.2 Å². The van der Waals surface area contributed by atoms with E-state index in [-0.39, 0.29) is 24.6 Å². The monoisotopic (exact) mass is 554 g/mol. The summed E-state index contributed by atoms with van der Waals surface area (Å²) in [5.41, 5.74) is 6.75. The van der Waals surface area contributed by atoms with E-state index in [9.17, 15) is 13.4 Å². The van der Waals surface area contributed by atoms with Gasteiger partial charge in [-0.2, -0.15) is 0 Å². The number of benzene rings is 3. The van der Waals surface area contributed by atoms with Crippen LogP contribution in [0.1, 0.15) is 48.9 Å². The zero-order valence-electron chi connectivity index (χ0n) is 23.3. The molecule has 2 N–H and O–H groups in total. The molecule has 8 heteroatoms. The maximum absolute atomic E-state index is 14.7. The first-order valence-electron chi connectivity index (χ1n) is 13.4.